The third kappa shape index (κ3) is 5.53. The molecule has 0 spiro atoms. The molecular weight excluding hydrogens is 396 g/mol. The summed E-state index contributed by atoms with van der Waals surface area (Å²) in [5, 5.41) is 3.31. The highest BCUT2D eigenvalue weighted by Gasteiger charge is 2.30. The number of hydrogen-bond acceptors (Lipinski definition) is 4. The van der Waals surface area contributed by atoms with Gasteiger partial charge in [0.05, 0.1) is 5.51 Å². The quantitative estimate of drug-likeness (QED) is 0.552. The highest BCUT2D eigenvalue weighted by atomic mass is 32.1. The number of anilines is 1. The third-order valence-electron chi connectivity index (χ3n) is 3.74. The summed E-state index contributed by atoms with van der Waals surface area (Å²) in [6.45, 7) is 0. The summed E-state index contributed by atoms with van der Waals surface area (Å²) in [7, 11) is 0. The zero-order chi connectivity index (χ0) is 20.1. The lowest BCUT2D eigenvalue weighted by Gasteiger charge is -2.09. The molecule has 0 bridgehead atoms. The second-order valence-electron chi connectivity index (χ2n) is 5.78. The zero-order valence-corrected chi connectivity index (χ0v) is 15.1. The van der Waals surface area contributed by atoms with Crippen LogP contribution in [0.3, 0.4) is 0 Å². The van der Waals surface area contributed by atoms with Gasteiger partial charge in [0.25, 0.3) is 0 Å². The lowest BCUT2D eigenvalue weighted by Crippen LogP contribution is -2.17. The van der Waals surface area contributed by atoms with Crippen molar-refractivity contribution in [3.63, 3.8) is 0 Å². The van der Waals surface area contributed by atoms with Gasteiger partial charge in [-0.1, -0.05) is 12.1 Å². The minimum Gasteiger partial charge on any atom is -0.406 e. The second kappa shape index (κ2) is 8.39. The van der Waals surface area contributed by atoms with Crippen LogP contribution >= 0.6 is 11.3 Å². The van der Waals surface area contributed by atoms with Gasteiger partial charge >= 0.3 is 6.36 Å². The van der Waals surface area contributed by atoms with Crippen LogP contribution in [0, 0.1) is 5.82 Å². The maximum absolute atomic E-state index is 13.1. The fourth-order valence-electron chi connectivity index (χ4n) is 2.45. The molecule has 0 saturated carbocycles. The molecule has 0 radical (unpaired) electrons. The van der Waals surface area contributed by atoms with Crippen molar-refractivity contribution in [3.05, 3.63) is 65.4 Å². The van der Waals surface area contributed by atoms with E-state index in [4.69, 9.17) is 0 Å². The standard InChI is InChI=1S/C19H14F4N2O2S/c20-14-6-4-13(5-7-14)17-18(28-11-24-17)25-16(26)10-3-12-1-8-15(9-2-12)27-19(21,22)23/h1-2,4-9,11H,3,10H2,(H,25,26). The fraction of sp³-hybridized carbons (Fsp3) is 0.158. The SMILES string of the molecule is O=C(CCc1ccc(OC(F)(F)F)cc1)Nc1scnc1-c1ccc(F)cc1. The van der Waals surface area contributed by atoms with Crippen LogP contribution in [0.5, 0.6) is 5.75 Å². The molecule has 0 aliphatic heterocycles. The van der Waals surface area contributed by atoms with Gasteiger partial charge in [0.15, 0.2) is 0 Å². The number of amides is 1. The molecule has 0 aliphatic carbocycles. The second-order valence-corrected chi connectivity index (χ2v) is 6.63. The van der Waals surface area contributed by atoms with Crippen molar-refractivity contribution in [2.45, 2.75) is 19.2 Å². The van der Waals surface area contributed by atoms with E-state index in [0.29, 0.717) is 28.2 Å². The molecule has 0 unspecified atom stereocenters. The Labute approximate surface area is 161 Å². The van der Waals surface area contributed by atoms with E-state index >= 15 is 0 Å². The highest BCUT2D eigenvalue weighted by molar-refractivity contribution is 7.14. The van der Waals surface area contributed by atoms with Crippen LogP contribution in [0.15, 0.2) is 54.0 Å². The van der Waals surface area contributed by atoms with E-state index in [-0.39, 0.29) is 23.9 Å². The molecule has 1 aromatic heterocycles. The number of rotatable bonds is 6. The number of nitrogens with zero attached hydrogens (tertiary/aromatic N) is 1. The van der Waals surface area contributed by atoms with Gasteiger partial charge < -0.3 is 10.1 Å². The first kappa shape index (κ1) is 19.8. The highest BCUT2D eigenvalue weighted by Crippen LogP contribution is 2.30. The number of nitrogens with one attached hydrogen (secondary N) is 1. The van der Waals surface area contributed by atoms with E-state index in [0.717, 1.165) is 0 Å². The van der Waals surface area contributed by atoms with Crippen molar-refractivity contribution in [2.75, 3.05) is 5.32 Å². The van der Waals surface area contributed by atoms with Crippen molar-refractivity contribution in [1.82, 2.24) is 4.98 Å². The summed E-state index contributed by atoms with van der Waals surface area (Å²) >= 11 is 1.25. The van der Waals surface area contributed by atoms with Gasteiger partial charge in [-0.05, 0) is 48.4 Å². The minimum atomic E-state index is -4.74. The lowest BCUT2D eigenvalue weighted by atomic mass is 10.1. The van der Waals surface area contributed by atoms with Crippen LogP contribution in [0.2, 0.25) is 0 Å². The summed E-state index contributed by atoms with van der Waals surface area (Å²) in [6, 6.07) is 11.1. The average molecular weight is 410 g/mol. The predicted octanol–water partition coefficient (Wildman–Crippen LogP) is 5.42. The van der Waals surface area contributed by atoms with Gasteiger partial charge in [0.1, 0.15) is 22.3 Å². The molecule has 0 aliphatic rings. The molecule has 28 heavy (non-hydrogen) atoms. The number of halogens is 4. The molecule has 1 N–H and O–H groups in total. The van der Waals surface area contributed by atoms with Crippen LogP contribution in [0.4, 0.5) is 22.6 Å². The molecule has 3 rings (SSSR count). The fourth-order valence-corrected chi connectivity index (χ4v) is 3.17. The van der Waals surface area contributed by atoms with Crippen LogP contribution in [-0.2, 0) is 11.2 Å². The predicted molar refractivity (Wildman–Crippen MR) is 97.6 cm³/mol. The monoisotopic (exact) mass is 410 g/mol. The average Bonchev–Trinajstić information content (AvgIpc) is 3.08. The van der Waals surface area contributed by atoms with E-state index in [1.807, 2.05) is 0 Å². The largest absolute Gasteiger partial charge is 0.573 e. The molecule has 0 fully saturated rings. The van der Waals surface area contributed by atoms with Gasteiger partial charge in [-0.3, -0.25) is 4.79 Å². The van der Waals surface area contributed by atoms with Gasteiger partial charge in [0, 0.05) is 12.0 Å². The summed E-state index contributed by atoms with van der Waals surface area (Å²) in [4.78, 5) is 16.4. The molecule has 146 valence electrons. The van der Waals surface area contributed by atoms with E-state index in [2.05, 4.69) is 15.0 Å². The van der Waals surface area contributed by atoms with Crippen LogP contribution in [0.1, 0.15) is 12.0 Å². The van der Waals surface area contributed by atoms with E-state index in [1.165, 1.54) is 47.7 Å². The Morgan fingerprint density at radius 2 is 1.75 bits per heavy atom. The van der Waals surface area contributed by atoms with E-state index in [1.54, 1.807) is 17.6 Å². The Morgan fingerprint density at radius 1 is 1.07 bits per heavy atom. The molecular formula is C19H14F4N2O2S. The van der Waals surface area contributed by atoms with Gasteiger partial charge in [-0.15, -0.1) is 24.5 Å². The number of carbonyl (C=O) groups is 1. The molecule has 2 aromatic carbocycles. The van der Waals surface area contributed by atoms with Crippen LogP contribution in [0.25, 0.3) is 11.3 Å². The minimum absolute atomic E-state index is 0.139. The van der Waals surface area contributed by atoms with Gasteiger partial charge in [-0.2, -0.15) is 0 Å². The van der Waals surface area contributed by atoms with Crippen LogP contribution < -0.4 is 10.1 Å². The first-order chi connectivity index (χ1) is 13.3. The molecule has 4 nitrogen and oxygen atoms in total. The molecule has 0 saturated heterocycles. The Kier molecular flexibility index (Phi) is 5.93. The van der Waals surface area contributed by atoms with Crippen molar-refractivity contribution in [3.8, 4) is 17.0 Å². The van der Waals surface area contributed by atoms with E-state index < -0.39 is 6.36 Å². The maximum atomic E-state index is 13.1. The number of thiazole rings is 1. The van der Waals surface area contributed by atoms with Crippen molar-refractivity contribution < 1.29 is 27.1 Å². The topological polar surface area (TPSA) is 51.2 Å². The zero-order valence-electron chi connectivity index (χ0n) is 14.3. The number of aryl methyl sites for hydroxylation is 1. The number of hydrogen-bond donors (Lipinski definition) is 1. The first-order valence-corrected chi connectivity index (χ1v) is 9.02. The molecule has 0 atom stereocenters. The molecule has 1 amide bonds. The van der Waals surface area contributed by atoms with Crippen molar-refractivity contribution >= 4 is 22.2 Å². The Bertz CT molecular complexity index is 938. The summed E-state index contributed by atoms with van der Waals surface area (Å²) in [5.41, 5.74) is 3.51. The lowest BCUT2D eigenvalue weighted by molar-refractivity contribution is -0.274. The molecule has 9 heteroatoms. The Hall–Kier alpha value is -2.94. The molecule has 3 aromatic rings. The normalized spacial score (nSPS) is 11.3. The number of benzene rings is 2. The number of ether oxygens (including phenoxy) is 1. The Morgan fingerprint density at radius 3 is 2.39 bits per heavy atom. The number of alkyl halides is 3. The van der Waals surface area contributed by atoms with Gasteiger partial charge in [0.2, 0.25) is 5.91 Å². The molecule has 1 heterocycles. The van der Waals surface area contributed by atoms with E-state index in [9.17, 15) is 22.4 Å². The third-order valence-corrected chi connectivity index (χ3v) is 4.48. The Balaban J connectivity index is 1.57. The summed E-state index contributed by atoms with van der Waals surface area (Å²) in [5.74, 6) is -0.936. The van der Waals surface area contributed by atoms with Gasteiger partial charge in [-0.25, -0.2) is 9.37 Å². The summed E-state index contributed by atoms with van der Waals surface area (Å²) < 4.78 is 53.3. The van der Waals surface area contributed by atoms with Crippen LogP contribution in [-0.4, -0.2) is 17.3 Å². The number of carbonyl (C=O) groups excluding carboxylic acids is 1. The number of aromatic nitrogens is 1. The van der Waals surface area contributed by atoms with Crippen molar-refractivity contribution in [2.24, 2.45) is 0 Å². The maximum Gasteiger partial charge on any atom is 0.573 e. The smallest absolute Gasteiger partial charge is 0.406 e. The summed E-state index contributed by atoms with van der Waals surface area (Å²) in [6.07, 6.45) is -4.25. The van der Waals surface area contributed by atoms with Crippen molar-refractivity contribution in [1.29, 1.82) is 0 Å². The first-order valence-electron chi connectivity index (χ1n) is 8.14.